The van der Waals surface area contributed by atoms with Crippen LogP contribution in [0.4, 0.5) is 22.0 Å². The minimum atomic E-state index is -1.54. The predicted octanol–water partition coefficient (Wildman–Crippen LogP) is 8.21. The van der Waals surface area contributed by atoms with Gasteiger partial charge in [-0.15, -0.1) is 0 Å². The van der Waals surface area contributed by atoms with Gasteiger partial charge in [-0.25, -0.2) is 22.0 Å². The summed E-state index contributed by atoms with van der Waals surface area (Å²) >= 11 is 0. The summed E-state index contributed by atoms with van der Waals surface area (Å²) in [6.07, 6.45) is 2.77. The van der Waals surface area contributed by atoms with Gasteiger partial charge in [-0.3, -0.25) is 0 Å². The Balaban J connectivity index is 1.70. The standard InChI is InChI=1S/C26H19F5/c1-2-3-4-15-5-8-19(22(27)11-15)17-6-9-20(23(28)13-17)16-7-10-21-18(12-16)14-24(29)26(31)25(21)30/h5-14H,2-4H2,1H3. The van der Waals surface area contributed by atoms with Crippen molar-refractivity contribution in [3.63, 3.8) is 0 Å². The van der Waals surface area contributed by atoms with E-state index >= 15 is 0 Å². The first-order valence-corrected chi connectivity index (χ1v) is 10.0. The maximum atomic E-state index is 14.9. The highest BCUT2D eigenvalue weighted by Crippen LogP contribution is 2.32. The van der Waals surface area contributed by atoms with Crippen LogP contribution < -0.4 is 0 Å². The molecule has 0 amide bonds. The molecule has 5 heteroatoms. The lowest BCUT2D eigenvalue weighted by molar-refractivity contribution is 0.453. The van der Waals surface area contributed by atoms with Gasteiger partial charge >= 0.3 is 0 Å². The van der Waals surface area contributed by atoms with Gasteiger partial charge in [0.15, 0.2) is 17.5 Å². The quantitative estimate of drug-likeness (QED) is 0.223. The van der Waals surface area contributed by atoms with Crippen LogP contribution in [-0.4, -0.2) is 0 Å². The number of aryl methyl sites for hydroxylation is 1. The third-order valence-electron chi connectivity index (χ3n) is 5.42. The zero-order valence-electron chi connectivity index (χ0n) is 16.8. The molecule has 0 saturated heterocycles. The van der Waals surface area contributed by atoms with E-state index in [1.165, 1.54) is 36.4 Å². The summed E-state index contributed by atoms with van der Waals surface area (Å²) in [5.74, 6) is -5.15. The largest absolute Gasteiger partial charge is 0.206 e. The van der Waals surface area contributed by atoms with Gasteiger partial charge in [0.2, 0.25) is 0 Å². The van der Waals surface area contributed by atoms with Crippen molar-refractivity contribution < 1.29 is 22.0 Å². The monoisotopic (exact) mass is 426 g/mol. The van der Waals surface area contributed by atoms with E-state index in [9.17, 15) is 22.0 Å². The van der Waals surface area contributed by atoms with Crippen molar-refractivity contribution in [2.75, 3.05) is 0 Å². The summed E-state index contributed by atoms with van der Waals surface area (Å²) in [6, 6.07) is 14.3. The van der Waals surface area contributed by atoms with E-state index in [1.54, 1.807) is 12.1 Å². The molecular formula is C26H19F5. The fourth-order valence-electron chi connectivity index (χ4n) is 3.72. The summed E-state index contributed by atoms with van der Waals surface area (Å²) in [6.45, 7) is 2.07. The van der Waals surface area contributed by atoms with Crippen LogP contribution in [0.1, 0.15) is 25.3 Å². The van der Waals surface area contributed by atoms with E-state index in [2.05, 4.69) is 6.92 Å². The number of benzene rings is 4. The molecule has 158 valence electrons. The molecule has 0 saturated carbocycles. The Kier molecular flexibility index (Phi) is 5.77. The first-order valence-electron chi connectivity index (χ1n) is 10.0. The van der Waals surface area contributed by atoms with Crippen molar-refractivity contribution in [3.05, 3.63) is 95.3 Å². The Labute approximate surface area is 177 Å². The Morgan fingerprint density at radius 2 is 1.26 bits per heavy atom. The topological polar surface area (TPSA) is 0 Å². The molecule has 0 unspecified atom stereocenters. The van der Waals surface area contributed by atoms with Crippen LogP contribution in [0, 0.1) is 29.1 Å². The first kappa shape index (κ1) is 21.0. The van der Waals surface area contributed by atoms with Gasteiger partial charge in [0.05, 0.1) is 0 Å². The molecule has 4 aromatic carbocycles. The van der Waals surface area contributed by atoms with E-state index in [1.807, 2.05) is 6.07 Å². The zero-order valence-corrected chi connectivity index (χ0v) is 16.8. The van der Waals surface area contributed by atoms with Crippen molar-refractivity contribution in [2.45, 2.75) is 26.2 Å². The van der Waals surface area contributed by atoms with Crippen molar-refractivity contribution in [1.29, 1.82) is 0 Å². The molecule has 0 aromatic heterocycles. The summed E-state index contributed by atoms with van der Waals surface area (Å²) in [7, 11) is 0. The Hall–Kier alpha value is -3.21. The number of unbranched alkanes of at least 4 members (excludes halogenated alkanes) is 1. The minimum Gasteiger partial charge on any atom is -0.206 e. The van der Waals surface area contributed by atoms with Gasteiger partial charge in [0, 0.05) is 16.5 Å². The highest BCUT2D eigenvalue weighted by Gasteiger charge is 2.15. The van der Waals surface area contributed by atoms with E-state index in [0.29, 0.717) is 16.7 Å². The second-order valence-electron chi connectivity index (χ2n) is 7.53. The molecule has 31 heavy (non-hydrogen) atoms. The van der Waals surface area contributed by atoms with Crippen LogP contribution in [-0.2, 0) is 6.42 Å². The Bertz CT molecular complexity index is 1280. The molecule has 4 aromatic rings. The second kappa shape index (κ2) is 8.50. The smallest absolute Gasteiger partial charge is 0.195 e. The molecule has 0 bridgehead atoms. The van der Waals surface area contributed by atoms with Crippen LogP contribution >= 0.6 is 0 Å². The maximum Gasteiger partial charge on any atom is 0.195 e. The molecule has 0 N–H and O–H groups in total. The van der Waals surface area contributed by atoms with E-state index in [4.69, 9.17) is 0 Å². The average Bonchev–Trinajstić information content (AvgIpc) is 2.76. The molecule has 0 nitrogen and oxygen atoms in total. The first-order chi connectivity index (χ1) is 14.9. The molecule has 0 fully saturated rings. The predicted molar refractivity (Wildman–Crippen MR) is 113 cm³/mol. The molecule has 4 rings (SSSR count). The normalized spacial score (nSPS) is 11.3. The average molecular weight is 426 g/mol. The number of halogens is 5. The van der Waals surface area contributed by atoms with Gasteiger partial charge in [-0.05, 0) is 59.2 Å². The lowest BCUT2D eigenvalue weighted by Crippen LogP contribution is -1.94. The maximum absolute atomic E-state index is 14.9. The molecular weight excluding hydrogens is 407 g/mol. The molecule has 0 heterocycles. The molecule has 0 radical (unpaired) electrons. The summed E-state index contributed by atoms with van der Waals surface area (Å²) < 4.78 is 70.4. The van der Waals surface area contributed by atoms with Gasteiger partial charge in [-0.2, -0.15) is 0 Å². The van der Waals surface area contributed by atoms with E-state index in [-0.39, 0.29) is 16.3 Å². The molecule has 0 aliphatic rings. The molecule has 0 aliphatic heterocycles. The van der Waals surface area contributed by atoms with Crippen LogP contribution in [0.5, 0.6) is 0 Å². The van der Waals surface area contributed by atoms with Crippen LogP contribution in [0.2, 0.25) is 0 Å². The second-order valence-corrected chi connectivity index (χ2v) is 7.53. The number of hydrogen-bond acceptors (Lipinski definition) is 0. The van der Waals surface area contributed by atoms with Crippen LogP contribution in [0.3, 0.4) is 0 Å². The lowest BCUT2D eigenvalue weighted by Gasteiger charge is -2.10. The van der Waals surface area contributed by atoms with Crippen LogP contribution in [0.15, 0.2) is 60.7 Å². The third kappa shape index (κ3) is 4.05. The SMILES string of the molecule is CCCCc1ccc(-c2ccc(-c3ccc4c(F)c(F)c(F)cc4c3)c(F)c2)c(F)c1. The van der Waals surface area contributed by atoms with Crippen molar-refractivity contribution in [3.8, 4) is 22.3 Å². The number of fused-ring (bicyclic) bond motifs is 1. The number of rotatable bonds is 5. The Morgan fingerprint density at radius 1 is 0.613 bits per heavy atom. The summed E-state index contributed by atoms with van der Waals surface area (Å²) in [4.78, 5) is 0. The van der Waals surface area contributed by atoms with Gasteiger partial charge in [0.25, 0.3) is 0 Å². The summed E-state index contributed by atoms with van der Waals surface area (Å²) in [5, 5.41) is 0.0241. The van der Waals surface area contributed by atoms with Crippen molar-refractivity contribution in [1.82, 2.24) is 0 Å². The summed E-state index contributed by atoms with van der Waals surface area (Å²) in [5.41, 5.74) is 2.14. The fourth-order valence-corrected chi connectivity index (χ4v) is 3.72. The molecule has 0 spiro atoms. The molecule has 0 atom stereocenters. The lowest BCUT2D eigenvalue weighted by atomic mass is 9.96. The van der Waals surface area contributed by atoms with Crippen LogP contribution in [0.25, 0.3) is 33.0 Å². The van der Waals surface area contributed by atoms with E-state index < -0.39 is 29.1 Å². The molecule has 0 aliphatic carbocycles. The van der Waals surface area contributed by atoms with E-state index in [0.717, 1.165) is 30.9 Å². The van der Waals surface area contributed by atoms with Gasteiger partial charge < -0.3 is 0 Å². The van der Waals surface area contributed by atoms with Crippen molar-refractivity contribution >= 4 is 10.8 Å². The fraction of sp³-hybridized carbons (Fsp3) is 0.154. The minimum absolute atomic E-state index is 0.0927. The number of hydrogen-bond donors (Lipinski definition) is 0. The highest BCUT2D eigenvalue weighted by molar-refractivity contribution is 5.88. The zero-order chi connectivity index (χ0) is 22.1. The van der Waals surface area contributed by atoms with Gasteiger partial charge in [0.1, 0.15) is 11.6 Å². The Morgan fingerprint density at radius 3 is 1.94 bits per heavy atom. The highest BCUT2D eigenvalue weighted by atomic mass is 19.2. The van der Waals surface area contributed by atoms with Crippen molar-refractivity contribution in [2.24, 2.45) is 0 Å². The van der Waals surface area contributed by atoms with Gasteiger partial charge in [-0.1, -0.05) is 49.7 Å². The third-order valence-corrected chi connectivity index (χ3v) is 5.42.